The Labute approximate surface area is 79.4 Å². The molecule has 1 heterocycles. The van der Waals surface area contributed by atoms with Crippen LogP contribution in [0.2, 0.25) is 0 Å². The molecule has 0 aromatic heterocycles. The predicted molar refractivity (Wildman–Crippen MR) is 49.4 cm³/mol. The van der Waals surface area contributed by atoms with Gasteiger partial charge in [-0.2, -0.15) is 0 Å². The Morgan fingerprint density at radius 1 is 1.62 bits per heavy atom. The zero-order valence-electron chi connectivity index (χ0n) is 8.41. The van der Waals surface area contributed by atoms with Crippen LogP contribution < -0.4 is 0 Å². The van der Waals surface area contributed by atoms with E-state index in [1.165, 1.54) is 0 Å². The first-order valence-corrected chi connectivity index (χ1v) is 4.95. The summed E-state index contributed by atoms with van der Waals surface area (Å²) in [7, 11) is 0. The second kappa shape index (κ2) is 5.22. The summed E-state index contributed by atoms with van der Waals surface area (Å²) in [6.07, 6.45) is 2.46. The summed E-state index contributed by atoms with van der Waals surface area (Å²) < 4.78 is 10.4. The Hall–Kier alpha value is -0.570. The molecule has 13 heavy (non-hydrogen) atoms. The number of hydrogen-bond acceptors (Lipinski definition) is 3. The highest BCUT2D eigenvalue weighted by molar-refractivity contribution is 5.69. The summed E-state index contributed by atoms with van der Waals surface area (Å²) in [5.74, 6) is 0.280. The zero-order valence-corrected chi connectivity index (χ0v) is 8.41. The number of carbonyl (C=O) groups excluding carboxylic acids is 1. The average molecular weight is 186 g/mol. The Balaban J connectivity index is 2.18. The van der Waals surface area contributed by atoms with Crippen molar-refractivity contribution in [3.8, 4) is 0 Å². The number of hydrogen-bond donors (Lipinski definition) is 0. The van der Waals surface area contributed by atoms with Gasteiger partial charge in [-0.15, -0.1) is 0 Å². The van der Waals surface area contributed by atoms with Crippen LogP contribution >= 0.6 is 0 Å². The zero-order chi connectivity index (χ0) is 9.68. The molecule has 1 unspecified atom stereocenters. The molecule has 0 aliphatic carbocycles. The van der Waals surface area contributed by atoms with Gasteiger partial charge in [0.1, 0.15) is 6.10 Å². The van der Waals surface area contributed by atoms with E-state index in [1.807, 2.05) is 13.8 Å². The van der Waals surface area contributed by atoms with Crippen LogP contribution in [0.15, 0.2) is 0 Å². The Morgan fingerprint density at radius 3 is 2.92 bits per heavy atom. The summed E-state index contributed by atoms with van der Waals surface area (Å²) in [6.45, 7) is 5.40. The molecule has 0 aromatic carbocycles. The SMILES string of the molecule is CC(C)CC(=O)OC1CCCOC1. The summed E-state index contributed by atoms with van der Waals surface area (Å²) >= 11 is 0. The number of esters is 1. The van der Waals surface area contributed by atoms with Gasteiger partial charge in [-0.25, -0.2) is 0 Å². The molecule has 1 saturated heterocycles. The molecule has 0 radical (unpaired) electrons. The number of ether oxygens (including phenoxy) is 2. The second-order valence-electron chi connectivity index (χ2n) is 3.93. The molecule has 1 fully saturated rings. The van der Waals surface area contributed by atoms with Crippen molar-refractivity contribution in [2.45, 2.75) is 39.2 Å². The van der Waals surface area contributed by atoms with Crippen molar-refractivity contribution >= 4 is 5.97 Å². The summed E-state index contributed by atoms with van der Waals surface area (Å²) in [5.41, 5.74) is 0. The van der Waals surface area contributed by atoms with Crippen molar-refractivity contribution in [1.82, 2.24) is 0 Å². The maximum absolute atomic E-state index is 11.2. The van der Waals surface area contributed by atoms with Gasteiger partial charge in [0, 0.05) is 13.0 Å². The van der Waals surface area contributed by atoms with Crippen LogP contribution in [0.3, 0.4) is 0 Å². The minimum Gasteiger partial charge on any atom is -0.460 e. The third kappa shape index (κ3) is 4.27. The molecule has 0 saturated carbocycles. The topological polar surface area (TPSA) is 35.5 Å². The quantitative estimate of drug-likeness (QED) is 0.630. The highest BCUT2D eigenvalue weighted by Gasteiger charge is 2.18. The largest absolute Gasteiger partial charge is 0.460 e. The summed E-state index contributed by atoms with van der Waals surface area (Å²) in [6, 6.07) is 0. The smallest absolute Gasteiger partial charge is 0.306 e. The molecule has 3 nitrogen and oxygen atoms in total. The Bertz CT molecular complexity index is 160. The van der Waals surface area contributed by atoms with Crippen LogP contribution in [0.1, 0.15) is 33.1 Å². The molecule has 1 atom stereocenters. The van der Waals surface area contributed by atoms with Crippen molar-refractivity contribution in [3.05, 3.63) is 0 Å². The number of carbonyl (C=O) groups is 1. The van der Waals surface area contributed by atoms with Crippen molar-refractivity contribution in [1.29, 1.82) is 0 Å². The molecule has 76 valence electrons. The van der Waals surface area contributed by atoms with Crippen LogP contribution in [-0.4, -0.2) is 25.3 Å². The minimum atomic E-state index is -0.0921. The Morgan fingerprint density at radius 2 is 2.38 bits per heavy atom. The van der Waals surface area contributed by atoms with Gasteiger partial charge in [0.25, 0.3) is 0 Å². The molecule has 0 aromatic rings. The number of rotatable bonds is 3. The molecule has 1 aliphatic heterocycles. The molecule has 0 bridgehead atoms. The lowest BCUT2D eigenvalue weighted by Crippen LogP contribution is -2.28. The van der Waals surface area contributed by atoms with E-state index in [9.17, 15) is 4.79 Å². The van der Waals surface area contributed by atoms with E-state index in [0.29, 0.717) is 18.9 Å². The lowest BCUT2D eigenvalue weighted by Gasteiger charge is -2.22. The molecular weight excluding hydrogens is 168 g/mol. The standard InChI is InChI=1S/C10H18O3/c1-8(2)6-10(11)13-9-4-3-5-12-7-9/h8-9H,3-7H2,1-2H3. The highest BCUT2D eigenvalue weighted by atomic mass is 16.6. The van der Waals surface area contributed by atoms with Gasteiger partial charge in [-0.3, -0.25) is 4.79 Å². The van der Waals surface area contributed by atoms with Crippen LogP contribution in [0, 0.1) is 5.92 Å². The molecular formula is C10H18O3. The molecule has 0 amide bonds. The molecule has 3 heteroatoms. The average Bonchev–Trinajstić information content (AvgIpc) is 2.04. The van der Waals surface area contributed by atoms with Crippen molar-refractivity contribution < 1.29 is 14.3 Å². The molecule has 0 N–H and O–H groups in total. The van der Waals surface area contributed by atoms with E-state index in [1.54, 1.807) is 0 Å². The van der Waals surface area contributed by atoms with Crippen LogP contribution in [0.5, 0.6) is 0 Å². The van der Waals surface area contributed by atoms with Gasteiger partial charge in [0.05, 0.1) is 6.61 Å². The maximum atomic E-state index is 11.2. The third-order valence-electron chi connectivity index (χ3n) is 1.99. The second-order valence-corrected chi connectivity index (χ2v) is 3.93. The van der Waals surface area contributed by atoms with Gasteiger partial charge in [-0.1, -0.05) is 13.8 Å². The van der Waals surface area contributed by atoms with Gasteiger partial charge in [0.2, 0.25) is 0 Å². The van der Waals surface area contributed by atoms with E-state index in [4.69, 9.17) is 9.47 Å². The monoisotopic (exact) mass is 186 g/mol. The fourth-order valence-corrected chi connectivity index (χ4v) is 1.37. The van der Waals surface area contributed by atoms with E-state index in [2.05, 4.69) is 0 Å². The summed E-state index contributed by atoms with van der Waals surface area (Å²) in [5, 5.41) is 0. The first-order chi connectivity index (χ1) is 6.18. The van der Waals surface area contributed by atoms with E-state index >= 15 is 0 Å². The van der Waals surface area contributed by atoms with E-state index in [0.717, 1.165) is 19.4 Å². The van der Waals surface area contributed by atoms with E-state index < -0.39 is 0 Å². The van der Waals surface area contributed by atoms with Gasteiger partial charge in [-0.05, 0) is 18.8 Å². The van der Waals surface area contributed by atoms with Crippen LogP contribution in [0.25, 0.3) is 0 Å². The highest BCUT2D eigenvalue weighted by Crippen LogP contribution is 2.12. The lowest BCUT2D eigenvalue weighted by atomic mass is 10.1. The summed E-state index contributed by atoms with van der Waals surface area (Å²) in [4.78, 5) is 11.2. The minimum absolute atomic E-state index is 0.000000000000000444. The lowest BCUT2D eigenvalue weighted by molar-refractivity contribution is -0.156. The predicted octanol–water partition coefficient (Wildman–Crippen LogP) is 1.75. The Kier molecular flexibility index (Phi) is 4.22. The van der Waals surface area contributed by atoms with Gasteiger partial charge >= 0.3 is 5.97 Å². The first kappa shape index (κ1) is 10.5. The fourth-order valence-electron chi connectivity index (χ4n) is 1.37. The van der Waals surface area contributed by atoms with Crippen molar-refractivity contribution in [2.24, 2.45) is 5.92 Å². The maximum Gasteiger partial charge on any atom is 0.306 e. The first-order valence-electron chi connectivity index (χ1n) is 4.95. The van der Waals surface area contributed by atoms with Gasteiger partial charge in [0.15, 0.2) is 0 Å². The molecule has 0 spiro atoms. The van der Waals surface area contributed by atoms with E-state index in [-0.39, 0.29) is 12.1 Å². The fraction of sp³-hybridized carbons (Fsp3) is 0.900. The molecule has 1 aliphatic rings. The van der Waals surface area contributed by atoms with Gasteiger partial charge < -0.3 is 9.47 Å². The normalized spacial score (nSPS) is 23.2. The van der Waals surface area contributed by atoms with Crippen LogP contribution in [0.4, 0.5) is 0 Å². The van der Waals surface area contributed by atoms with Crippen molar-refractivity contribution in [2.75, 3.05) is 13.2 Å². The third-order valence-corrected chi connectivity index (χ3v) is 1.99. The molecule has 1 rings (SSSR count). The van der Waals surface area contributed by atoms with Crippen LogP contribution in [-0.2, 0) is 14.3 Å². The van der Waals surface area contributed by atoms with Crippen molar-refractivity contribution in [3.63, 3.8) is 0 Å².